The van der Waals surface area contributed by atoms with E-state index >= 15 is 0 Å². The molecule has 9 nitrogen and oxygen atoms in total. The molecule has 9 heteroatoms. The maximum Gasteiger partial charge on any atom is 0.320 e. The van der Waals surface area contributed by atoms with Crippen LogP contribution in [0.4, 0.5) is 5.82 Å². The van der Waals surface area contributed by atoms with E-state index < -0.39 is 0 Å². The molecule has 6 rings (SSSR count). The minimum atomic E-state index is 0.367. The largest absolute Gasteiger partial charge is 0.463 e. The van der Waals surface area contributed by atoms with Crippen molar-refractivity contribution < 1.29 is 9.47 Å². The minimum Gasteiger partial charge on any atom is -0.463 e. The summed E-state index contributed by atoms with van der Waals surface area (Å²) in [6.07, 6.45) is 6.94. The van der Waals surface area contributed by atoms with Gasteiger partial charge in [-0.15, -0.1) is 0 Å². The number of nitrogens with zero attached hydrogens (tertiary/aromatic N) is 7. The average molecular weight is 472 g/mol. The van der Waals surface area contributed by atoms with Gasteiger partial charge in [0, 0.05) is 56.0 Å². The summed E-state index contributed by atoms with van der Waals surface area (Å²) in [6, 6.07) is 14.9. The number of aromatic nitrogens is 6. The molecule has 2 aliphatic rings. The Kier molecular flexibility index (Phi) is 5.91. The zero-order valence-electron chi connectivity index (χ0n) is 19.9. The lowest BCUT2D eigenvalue weighted by molar-refractivity contribution is 0.122. The SMILES string of the molecule is Cn1cc(CCOc2nc(N3CCOCC3)cc(-n3nc(-c4ccccc4)cc3C3CC3)n2)cn1. The summed E-state index contributed by atoms with van der Waals surface area (Å²) in [6.45, 7) is 3.42. The van der Waals surface area contributed by atoms with Crippen molar-refractivity contribution in [3.8, 4) is 23.1 Å². The number of hydrogen-bond donors (Lipinski definition) is 0. The smallest absolute Gasteiger partial charge is 0.320 e. The highest BCUT2D eigenvalue weighted by Gasteiger charge is 2.30. The number of benzene rings is 1. The van der Waals surface area contributed by atoms with Gasteiger partial charge in [-0.2, -0.15) is 20.2 Å². The summed E-state index contributed by atoms with van der Waals surface area (Å²) in [5.74, 6) is 2.09. The number of morpholine rings is 1. The summed E-state index contributed by atoms with van der Waals surface area (Å²) in [7, 11) is 1.91. The first kappa shape index (κ1) is 21.8. The molecular weight excluding hydrogens is 442 g/mol. The second-order valence-electron chi connectivity index (χ2n) is 9.09. The lowest BCUT2D eigenvalue weighted by atomic mass is 10.1. The fourth-order valence-electron chi connectivity index (χ4n) is 4.39. The molecule has 0 spiro atoms. The third-order valence-corrected chi connectivity index (χ3v) is 6.41. The van der Waals surface area contributed by atoms with Crippen LogP contribution in [0.25, 0.3) is 17.1 Å². The van der Waals surface area contributed by atoms with Gasteiger partial charge in [0.05, 0.1) is 31.7 Å². The Hall–Kier alpha value is -3.72. The zero-order chi connectivity index (χ0) is 23.6. The van der Waals surface area contributed by atoms with Crippen LogP contribution in [0.5, 0.6) is 6.01 Å². The molecule has 1 saturated heterocycles. The van der Waals surface area contributed by atoms with E-state index in [0.29, 0.717) is 31.7 Å². The van der Waals surface area contributed by atoms with Gasteiger partial charge in [-0.1, -0.05) is 30.3 Å². The van der Waals surface area contributed by atoms with E-state index in [9.17, 15) is 0 Å². The molecule has 1 saturated carbocycles. The summed E-state index contributed by atoms with van der Waals surface area (Å²) in [5, 5.41) is 9.22. The molecule has 1 aliphatic carbocycles. The van der Waals surface area contributed by atoms with E-state index in [1.807, 2.05) is 48.4 Å². The van der Waals surface area contributed by atoms with Crippen molar-refractivity contribution >= 4 is 5.82 Å². The van der Waals surface area contributed by atoms with Gasteiger partial charge >= 0.3 is 6.01 Å². The van der Waals surface area contributed by atoms with Crippen LogP contribution in [0, 0.1) is 0 Å². The highest BCUT2D eigenvalue weighted by Crippen LogP contribution is 2.42. The Morgan fingerprint density at radius 2 is 1.83 bits per heavy atom. The summed E-state index contributed by atoms with van der Waals surface area (Å²) in [4.78, 5) is 11.8. The predicted octanol–water partition coefficient (Wildman–Crippen LogP) is 3.40. The zero-order valence-corrected chi connectivity index (χ0v) is 19.9. The van der Waals surface area contributed by atoms with E-state index in [0.717, 1.165) is 48.0 Å². The molecule has 180 valence electrons. The molecule has 2 fully saturated rings. The monoisotopic (exact) mass is 471 g/mol. The topological polar surface area (TPSA) is 83.1 Å². The maximum atomic E-state index is 6.06. The van der Waals surface area contributed by atoms with Gasteiger partial charge in [0.1, 0.15) is 5.82 Å². The van der Waals surface area contributed by atoms with Gasteiger partial charge in [0.25, 0.3) is 0 Å². The van der Waals surface area contributed by atoms with Crippen molar-refractivity contribution in [3.63, 3.8) is 0 Å². The van der Waals surface area contributed by atoms with Crippen LogP contribution < -0.4 is 9.64 Å². The summed E-state index contributed by atoms with van der Waals surface area (Å²) < 4.78 is 15.4. The summed E-state index contributed by atoms with van der Waals surface area (Å²) in [5.41, 5.74) is 4.37. The van der Waals surface area contributed by atoms with E-state index in [4.69, 9.17) is 24.5 Å². The van der Waals surface area contributed by atoms with E-state index in [1.165, 1.54) is 18.5 Å². The molecule has 1 aromatic carbocycles. The highest BCUT2D eigenvalue weighted by molar-refractivity contribution is 5.60. The van der Waals surface area contributed by atoms with Gasteiger partial charge in [-0.25, -0.2) is 4.68 Å². The van der Waals surface area contributed by atoms with Crippen LogP contribution in [-0.4, -0.2) is 62.4 Å². The fourth-order valence-corrected chi connectivity index (χ4v) is 4.39. The number of ether oxygens (including phenoxy) is 2. The maximum absolute atomic E-state index is 6.06. The first-order chi connectivity index (χ1) is 17.2. The molecule has 3 aromatic heterocycles. The molecule has 0 amide bonds. The molecule has 0 unspecified atom stereocenters. The van der Waals surface area contributed by atoms with Crippen LogP contribution >= 0.6 is 0 Å². The van der Waals surface area contributed by atoms with Crippen LogP contribution in [0.15, 0.2) is 54.9 Å². The van der Waals surface area contributed by atoms with Crippen molar-refractivity contribution in [1.29, 1.82) is 0 Å². The Morgan fingerprint density at radius 3 is 2.57 bits per heavy atom. The number of aryl methyl sites for hydroxylation is 1. The molecule has 0 radical (unpaired) electrons. The molecule has 0 atom stereocenters. The average Bonchev–Trinajstić information content (AvgIpc) is 3.51. The normalized spacial score (nSPS) is 16.0. The molecule has 35 heavy (non-hydrogen) atoms. The molecular formula is C26H29N7O2. The van der Waals surface area contributed by atoms with Crippen molar-refractivity contribution in [3.05, 3.63) is 66.1 Å². The van der Waals surface area contributed by atoms with Gasteiger partial charge in [-0.05, 0) is 24.5 Å². The lowest BCUT2D eigenvalue weighted by Crippen LogP contribution is -2.37. The predicted molar refractivity (Wildman–Crippen MR) is 132 cm³/mol. The quantitative estimate of drug-likeness (QED) is 0.389. The van der Waals surface area contributed by atoms with Gasteiger partial charge in [0.2, 0.25) is 0 Å². The van der Waals surface area contributed by atoms with Crippen molar-refractivity contribution in [1.82, 2.24) is 29.5 Å². The van der Waals surface area contributed by atoms with Crippen molar-refractivity contribution in [2.75, 3.05) is 37.8 Å². The van der Waals surface area contributed by atoms with Gasteiger partial charge < -0.3 is 14.4 Å². The first-order valence-electron chi connectivity index (χ1n) is 12.2. The molecule has 4 aromatic rings. The Bertz CT molecular complexity index is 1290. The number of anilines is 1. The van der Waals surface area contributed by atoms with E-state index in [1.54, 1.807) is 4.68 Å². The van der Waals surface area contributed by atoms with E-state index in [-0.39, 0.29) is 0 Å². The minimum absolute atomic E-state index is 0.367. The second-order valence-corrected chi connectivity index (χ2v) is 9.09. The second kappa shape index (κ2) is 9.50. The number of rotatable bonds is 8. The van der Waals surface area contributed by atoms with Gasteiger partial charge in [0.15, 0.2) is 5.82 Å². The number of hydrogen-bond acceptors (Lipinski definition) is 7. The standard InChI is InChI=1S/C26H29N7O2/c1-31-18-19(17-27-31)9-12-35-26-28-24(32-10-13-34-14-11-32)16-25(29-26)33-23(21-7-8-21)15-22(30-33)20-5-3-2-4-6-20/h2-6,15-18,21H,7-14H2,1H3. The van der Waals surface area contributed by atoms with E-state index in [2.05, 4.69) is 28.2 Å². The lowest BCUT2D eigenvalue weighted by Gasteiger charge is -2.28. The fraction of sp³-hybridized carbons (Fsp3) is 0.385. The van der Waals surface area contributed by atoms with Crippen LogP contribution in [0.1, 0.15) is 30.0 Å². The first-order valence-corrected chi connectivity index (χ1v) is 12.2. The summed E-state index contributed by atoms with van der Waals surface area (Å²) >= 11 is 0. The van der Waals surface area contributed by atoms with Crippen molar-refractivity contribution in [2.24, 2.45) is 7.05 Å². The Balaban J connectivity index is 1.34. The van der Waals surface area contributed by atoms with Crippen LogP contribution in [0.3, 0.4) is 0 Å². The van der Waals surface area contributed by atoms with Gasteiger partial charge in [-0.3, -0.25) is 4.68 Å². The molecule has 1 aliphatic heterocycles. The Labute approximate surface area is 204 Å². The van der Waals surface area contributed by atoms with Crippen LogP contribution in [-0.2, 0) is 18.2 Å². The Morgan fingerprint density at radius 1 is 1.03 bits per heavy atom. The van der Waals surface area contributed by atoms with Crippen molar-refractivity contribution in [2.45, 2.75) is 25.2 Å². The third-order valence-electron chi connectivity index (χ3n) is 6.41. The van der Waals surface area contributed by atoms with Crippen LogP contribution in [0.2, 0.25) is 0 Å². The molecule has 4 heterocycles. The third kappa shape index (κ3) is 4.90. The molecule has 0 bridgehead atoms. The highest BCUT2D eigenvalue weighted by atomic mass is 16.5. The molecule has 0 N–H and O–H groups in total.